The molecular weight excluding hydrogens is 228 g/mol. The van der Waals surface area contributed by atoms with Gasteiger partial charge in [-0.05, 0) is 42.8 Å². The molecule has 0 saturated heterocycles. The van der Waals surface area contributed by atoms with Crippen LogP contribution in [0.15, 0.2) is 36.4 Å². The first kappa shape index (κ1) is 10.8. The molecule has 0 amide bonds. The summed E-state index contributed by atoms with van der Waals surface area (Å²) in [6.07, 6.45) is 0. The quantitative estimate of drug-likeness (QED) is 0.795. The zero-order valence-electron chi connectivity index (χ0n) is 10.1. The molecule has 0 saturated carbocycles. The van der Waals surface area contributed by atoms with E-state index in [9.17, 15) is 0 Å². The first-order valence-corrected chi connectivity index (χ1v) is 5.74. The number of nitrogen functional groups attached to an aromatic ring is 1. The monoisotopic (exact) mass is 242 g/mol. The summed E-state index contributed by atoms with van der Waals surface area (Å²) < 4.78 is 10.6. The topological polar surface area (TPSA) is 56.5 Å². The van der Waals surface area contributed by atoms with E-state index in [-0.39, 0.29) is 6.79 Å². The molecule has 0 atom stereocenters. The number of rotatable bonds is 2. The molecule has 2 aromatic carbocycles. The van der Waals surface area contributed by atoms with Gasteiger partial charge in [0.25, 0.3) is 0 Å². The Hall–Kier alpha value is -2.36. The molecule has 0 radical (unpaired) electrons. The largest absolute Gasteiger partial charge is 0.454 e. The van der Waals surface area contributed by atoms with E-state index in [1.807, 2.05) is 43.3 Å². The van der Waals surface area contributed by atoms with Crippen molar-refractivity contribution in [1.29, 1.82) is 0 Å². The number of aryl methyl sites for hydroxylation is 1. The Kier molecular flexibility index (Phi) is 2.48. The molecule has 0 aliphatic carbocycles. The van der Waals surface area contributed by atoms with Gasteiger partial charge in [0.05, 0.1) is 0 Å². The summed E-state index contributed by atoms with van der Waals surface area (Å²) in [5, 5.41) is 3.30. The number of anilines is 3. The highest BCUT2D eigenvalue weighted by Crippen LogP contribution is 2.35. The molecule has 0 unspecified atom stereocenters. The average Bonchev–Trinajstić information content (AvgIpc) is 2.74. The van der Waals surface area contributed by atoms with Crippen LogP contribution in [-0.4, -0.2) is 6.79 Å². The second kappa shape index (κ2) is 4.14. The van der Waals surface area contributed by atoms with Crippen molar-refractivity contribution in [2.75, 3.05) is 17.8 Å². The van der Waals surface area contributed by atoms with Crippen LogP contribution in [0.25, 0.3) is 0 Å². The van der Waals surface area contributed by atoms with Gasteiger partial charge in [-0.25, -0.2) is 0 Å². The Morgan fingerprint density at radius 1 is 1.00 bits per heavy atom. The molecule has 1 aliphatic heterocycles. The number of nitrogens with two attached hydrogens (primary N) is 1. The molecule has 0 fully saturated rings. The van der Waals surface area contributed by atoms with Crippen LogP contribution in [-0.2, 0) is 0 Å². The van der Waals surface area contributed by atoms with E-state index in [0.29, 0.717) is 0 Å². The smallest absolute Gasteiger partial charge is 0.231 e. The van der Waals surface area contributed by atoms with Gasteiger partial charge in [0.2, 0.25) is 6.79 Å². The molecule has 92 valence electrons. The minimum atomic E-state index is 0.288. The Balaban J connectivity index is 1.88. The summed E-state index contributed by atoms with van der Waals surface area (Å²) in [4.78, 5) is 0. The van der Waals surface area contributed by atoms with Crippen molar-refractivity contribution >= 4 is 17.1 Å². The fourth-order valence-corrected chi connectivity index (χ4v) is 2.03. The number of ether oxygens (including phenoxy) is 2. The molecular formula is C14H14N2O2. The number of nitrogens with one attached hydrogen (secondary N) is 1. The number of hydrogen-bond acceptors (Lipinski definition) is 4. The van der Waals surface area contributed by atoms with Crippen LogP contribution < -0.4 is 20.5 Å². The van der Waals surface area contributed by atoms with Gasteiger partial charge in [0.15, 0.2) is 11.5 Å². The summed E-state index contributed by atoms with van der Waals surface area (Å²) in [5.41, 5.74) is 9.60. The van der Waals surface area contributed by atoms with Crippen LogP contribution in [0.5, 0.6) is 11.5 Å². The maximum Gasteiger partial charge on any atom is 0.231 e. The maximum atomic E-state index is 5.82. The minimum absolute atomic E-state index is 0.288. The molecule has 0 spiro atoms. The third kappa shape index (κ3) is 2.05. The zero-order chi connectivity index (χ0) is 12.5. The molecule has 3 rings (SSSR count). The van der Waals surface area contributed by atoms with Gasteiger partial charge in [-0.3, -0.25) is 0 Å². The Labute approximate surface area is 105 Å². The van der Waals surface area contributed by atoms with Crippen LogP contribution >= 0.6 is 0 Å². The molecule has 1 aliphatic rings. The van der Waals surface area contributed by atoms with Gasteiger partial charge < -0.3 is 20.5 Å². The highest BCUT2D eigenvalue weighted by molar-refractivity contribution is 5.67. The van der Waals surface area contributed by atoms with Gasteiger partial charge >= 0.3 is 0 Å². The fraction of sp³-hybridized carbons (Fsp3) is 0.143. The van der Waals surface area contributed by atoms with Gasteiger partial charge in [-0.1, -0.05) is 0 Å². The van der Waals surface area contributed by atoms with Crippen LogP contribution in [0.1, 0.15) is 5.56 Å². The maximum absolute atomic E-state index is 5.82. The first-order valence-electron chi connectivity index (χ1n) is 5.74. The van der Waals surface area contributed by atoms with Crippen LogP contribution in [0.3, 0.4) is 0 Å². The summed E-state index contributed by atoms with van der Waals surface area (Å²) in [5.74, 6) is 1.55. The van der Waals surface area contributed by atoms with Crippen molar-refractivity contribution in [1.82, 2.24) is 0 Å². The molecule has 2 aromatic rings. The summed E-state index contributed by atoms with van der Waals surface area (Å²) >= 11 is 0. The molecule has 0 aromatic heterocycles. The van der Waals surface area contributed by atoms with Crippen LogP contribution in [0.4, 0.5) is 17.1 Å². The van der Waals surface area contributed by atoms with E-state index in [1.54, 1.807) is 0 Å². The van der Waals surface area contributed by atoms with Gasteiger partial charge in [0, 0.05) is 23.1 Å². The Morgan fingerprint density at radius 3 is 2.67 bits per heavy atom. The van der Waals surface area contributed by atoms with Crippen molar-refractivity contribution in [2.24, 2.45) is 0 Å². The zero-order valence-corrected chi connectivity index (χ0v) is 10.1. The number of hydrogen-bond donors (Lipinski definition) is 2. The minimum Gasteiger partial charge on any atom is -0.454 e. The molecule has 0 bridgehead atoms. The number of fused-ring (bicyclic) bond motifs is 1. The third-order valence-corrected chi connectivity index (χ3v) is 2.76. The van der Waals surface area contributed by atoms with Crippen molar-refractivity contribution in [3.8, 4) is 11.5 Å². The van der Waals surface area contributed by atoms with Gasteiger partial charge in [-0.2, -0.15) is 0 Å². The normalized spacial score (nSPS) is 12.5. The summed E-state index contributed by atoms with van der Waals surface area (Å²) in [6, 6.07) is 11.6. The molecule has 4 nitrogen and oxygen atoms in total. The molecule has 1 heterocycles. The lowest BCUT2D eigenvalue weighted by Crippen LogP contribution is -1.94. The van der Waals surface area contributed by atoms with E-state index in [0.717, 1.165) is 34.1 Å². The molecule has 3 N–H and O–H groups in total. The fourth-order valence-electron chi connectivity index (χ4n) is 2.03. The van der Waals surface area contributed by atoms with E-state index in [1.165, 1.54) is 0 Å². The van der Waals surface area contributed by atoms with E-state index in [4.69, 9.17) is 15.2 Å². The first-order chi connectivity index (χ1) is 8.70. The van der Waals surface area contributed by atoms with Gasteiger partial charge in [-0.15, -0.1) is 0 Å². The summed E-state index contributed by atoms with van der Waals surface area (Å²) in [7, 11) is 0. The van der Waals surface area contributed by atoms with E-state index < -0.39 is 0 Å². The van der Waals surface area contributed by atoms with Crippen molar-refractivity contribution in [3.05, 3.63) is 42.0 Å². The Bertz CT molecular complexity index is 576. The highest BCUT2D eigenvalue weighted by atomic mass is 16.7. The second-order valence-electron chi connectivity index (χ2n) is 4.33. The van der Waals surface area contributed by atoms with Crippen molar-refractivity contribution in [2.45, 2.75) is 6.92 Å². The average molecular weight is 242 g/mol. The lowest BCUT2D eigenvalue weighted by molar-refractivity contribution is 0.174. The standard InChI is InChI=1S/C14H14N2O2/c1-9-4-10(15)6-12(5-9)16-11-2-3-13-14(7-11)18-8-17-13/h2-7,16H,8,15H2,1H3. The lowest BCUT2D eigenvalue weighted by Gasteiger charge is -2.09. The molecule has 18 heavy (non-hydrogen) atoms. The lowest BCUT2D eigenvalue weighted by atomic mass is 10.2. The van der Waals surface area contributed by atoms with Crippen molar-refractivity contribution in [3.63, 3.8) is 0 Å². The predicted molar refractivity (Wildman–Crippen MR) is 71.4 cm³/mol. The third-order valence-electron chi connectivity index (χ3n) is 2.76. The molecule has 4 heteroatoms. The van der Waals surface area contributed by atoms with Crippen LogP contribution in [0.2, 0.25) is 0 Å². The highest BCUT2D eigenvalue weighted by Gasteiger charge is 2.13. The predicted octanol–water partition coefficient (Wildman–Crippen LogP) is 3.05. The SMILES string of the molecule is Cc1cc(N)cc(Nc2ccc3c(c2)OCO3)c1. The van der Waals surface area contributed by atoms with E-state index in [2.05, 4.69) is 5.32 Å². The van der Waals surface area contributed by atoms with E-state index >= 15 is 0 Å². The van der Waals surface area contributed by atoms with Gasteiger partial charge in [0.1, 0.15) is 0 Å². The Morgan fingerprint density at radius 2 is 1.83 bits per heavy atom. The summed E-state index contributed by atoms with van der Waals surface area (Å²) in [6.45, 7) is 2.30. The van der Waals surface area contributed by atoms with Crippen molar-refractivity contribution < 1.29 is 9.47 Å². The second-order valence-corrected chi connectivity index (χ2v) is 4.33. The number of benzene rings is 2. The van der Waals surface area contributed by atoms with Crippen LogP contribution in [0, 0.1) is 6.92 Å².